The SMILES string of the molecule is Cc1[nH]ncc1-c1ccc(C=O)[nH]1. The first kappa shape index (κ1) is 7.79. The highest BCUT2D eigenvalue weighted by Crippen LogP contribution is 2.19. The highest BCUT2D eigenvalue weighted by atomic mass is 16.1. The fraction of sp³-hybridized carbons (Fsp3) is 0.111. The van der Waals surface area contributed by atoms with Gasteiger partial charge in [-0.3, -0.25) is 9.89 Å². The molecule has 0 aliphatic heterocycles. The molecule has 0 unspecified atom stereocenters. The number of hydrogen-bond acceptors (Lipinski definition) is 2. The number of aromatic nitrogens is 3. The van der Waals surface area contributed by atoms with Gasteiger partial charge in [-0.25, -0.2) is 0 Å². The molecule has 2 rings (SSSR count). The minimum Gasteiger partial charge on any atom is -0.352 e. The van der Waals surface area contributed by atoms with Crippen LogP contribution in [0.25, 0.3) is 11.3 Å². The van der Waals surface area contributed by atoms with Crippen LogP contribution in [-0.2, 0) is 0 Å². The van der Waals surface area contributed by atoms with Gasteiger partial charge in [-0.05, 0) is 19.1 Å². The number of carbonyl (C=O) groups is 1. The van der Waals surface area contributed by atoms with Crippen LogP contribution in [0, 0.1) is 6.92 Å². The summed E-state index contributed by atoms with van der Waals surface area (Å²) in [6, 6.07) is 3.61. The number of carbonyl (C=O) groups excluding carboxylic acids is 1. The van der Waals surface area contributed by atoms with Gasteiger partial charge in [0, 0.05) is 17.0 Å². The van der Waals surface area contributed by atoms with Crippen molar-refractivity contribution in [3.05, 3.63) is 29.7 Å². The minimum absolute atomic E-state index is 0.579. The van der Waals surface area contributed by atoms with E-state index < -0.39 is 0 Å². The molecule has 2 N–H and O–H groups in total. The van der Waals surface area contributed by atoms with E-state index in [1.165, 1.54) is 0 Å². The summed E-state index contributed by atoms with van der Waals surface area (Å²) in [6.45, 7) is 1.93. The Kier molecular flexibility index (Phi) is 1.73. The lowest BCUT2D eigenvalue weighted by atomic mass is 10.2. The topological polar surface area (TPSA) is 61.5 Å². The lowest BCUT2D eigenvalue weighted by molar-refractivity contribution is 0.111. The molecule has 0 fully saturated rings. The summed E-state index contributed by atoms with van der Waals surface area (Å²) in [5.41, 5.74) is 3.47. The van der Waals surface area contributed by atoms with Crippen molar-refractivity contribution in [1.29, 1.82) is 0 Å². The van der Waals surface area contributed by atoms with Gasteiger partial charge in [-0.15, -0.1) is 0 Å². The van der Waals surface area contributed by atoms with Crippen LogP contribution in [0.3, 0.4) is 0 Å². The van der Waals surface area contributed by atoms with Crippen molar-refractivity contribution in [1.82, 2.24) is 15.2 Å². The molecule has 4 nitrogen and oxygen atoms in total. The molecule has 2 heterocycles. The number of aldehydes is 1. The van der Waals surface area contributed by atoms with E-state index in [0.29, 0.717) is 5.69 Å². The van der Waals surface area contributed by atoms with Crippen LogP contribution in [0.1, 0.15) is 16.2 Å². The number of H-pyrrole nitrogens is 2. The molecule has 0 aliphatic carbocycles. The third kappa shape index (κ3) is 1.26. The average molecular weight is 175 g/mol. The van der Waals surface area contributed by atoms with E-state index in [1.54, 1.807) is 12.3 Å². The molecule has 4 heteroatoms. The number of aryl methyl sites for hydroxylation is 1. The summed E-state index contributed by atoms with van der Waals surface area (Å²) >= 11 is 0. The third-order valence-corrected chi connectivity index (χ3v) is 1.96. The Balaban J connectivity index is 2.46. The van der Waals surface area contributed by atoms with E-state index in [1.807, 2.05) is 13.0 Å². The molecule has 0 aliphatic rings. The third-order valence-electron chi connectivity index (χ3n) is 1.96. The Hall–Kier alpha value is -1.84. The highest BCUT2D eigenvalue weighted by Gasteiger charge is 2.05. The monoisotopic (exact) mass is 175 g/mol. The van der Waals surface area contributed by atoms with Gasteiger partial charge in [0.15, 0.2) is 6.29 Å². The Morgan fingerprint density at radius 3 is 2.85 bits per heavy atom. The standard InChI is InChI=1S/C9H9N3O/c1-6-8(4-10-12-6)9-3-2-7(5-13)11-9/h2-5,11H,1H3,(H,10,12). The zero-order valence-corrected chi connectivity index (χ0v) is 7.16. The largest absolute Gasteiger partial charge is 0.352 e. The first-order valence-electron chi connectivity index (χ1n) is 3.96. The van der Waals surface area contributed by atoms with Gasteiger partial charge in [0.1, 0.15) is 0 Å². The van der Waals surface area contributed by atoms with E-state index in [9.17, 15) is 4.79 Å². The van der Waals surface area contributed by atoms with Gasteiger partial charge in [0.2, 0.25) is 0 Å². The lowest BCUT2D eigenvalue weighted by Gasteiger charge is -1.92. The zero-order chi connectivity index (χ0) is 9.26. The molecule has 66 valence electrons. The minimum atomic E-state index is 0.579. The van der Waals surface area contributed by atoms with Crippen LogP contribution >= 0.6 is 0 Å². The summed E-state index contributed by atoms with van der Waals surface area (Å²) < 4.78 is 0. The predicted molar refractivity (Wildman–Crippen MR) is 48.5 cm³/mol. The molecule has 0 radical (unpaired) electrons. The summed E-state index contributed by atoms with van der Waals surface area (Å²) in [5.74, 6) is 0. The van der Waals surface area contributed by atoms with Crippen molar-refractivity contribution >= 4 is 6.29 Å². The molecule has 2 aromatic rings. The smallest absolute Gasteiger partial charge is 0.166 e. The number of hydrogen-bond donors (Lipinski definition) is 2. The van der Waals surface area contributed by atoms with Gasteiger partial charge >= 0.3 is 0 Å². The molecular weight excluding hydrogens is 166 g/mol. The normalized spacial score (nSPS) is 10.2. The van der Waals surface area contributed by atoms with Crippen molar-refractivity contribution in [2.24, 2.45) is 0 Å². The number of nitrogens with zero attached hydrogens (tertiary/aromatic N) is 1. The van der Waals surface area contributed by atoms with E-state index in [2.05, 4.69) is 15.2 Å². The summed E-state index contributed by atoms with van der Waals surface area (Å²) in [6.07, 6.45) is 2.52. The summed E-state index contributed by atoms with van der Waals surface area (Å²) in [4.78, 5) is 13.4. The molecule has 13 heavy (non-hydrogen) atoms. The first-order chi connectivity index (χ1) is 6.31. The van der Waals surface area contributed by atoms with E-state index in [0.717, 1.165) is 23.2 Å². The zero-order valence-electron chi connectivity index (χ0n) is 7.16. The quantitative estimate of drug-likeness (QED) is 0.680. The molecule has 0 amide bonds. The molecule has 0 saturated carbocycles. The highest BCUT2D eigenvalue weighted by molar-refractivity contribution is 5.75. The van der Waals surface area contributed by atoms with Crippen molar-refractivity contribution < 1.29 is 4.79 Å². The second-order valence-corrected chi connectivity index (χ2v) is 2.85. The van der Waals surface area contributed by atoms with Crippen LogP contribution in [-0.4, -0.2) is 21.5 Å². The van der Waals surface area contributed by atoms with Crippen molar-refractivity contribution in [2.75, 3.05) is 0 Å². The number of rotatable bonds is 2. The molecule has 0 saturated heterocycles. The van der Waals surface area contributed by atoms with Crippen molar-refractivity contribution in [3.8, 4) is 11.3 Å². The van der Waals surface area contributed by atoms with Gasteiger partial charge < -0.3 is 4.98 Å². The van der Waals surface area contributed by atoms with Crippen LogP contribution in [0.4, 0.5) is 0 Å². The van der Waals surface area contributed by atoms with Gasteiger partial charge in [0.25, 0.3) is 0 Å². The van der Waals surface area contributed by atoms with Crippen molar-refractivity contribution in [2.45, 2.75) is 6.92 Å². The fourth-order valence-electron chi connectivity index (χ4n) is 1.26. The molecular formula is C9H9N3O. The molecule has 2 aromatic heterocycles. The van der Waals surface area contributed by atoms with Gasteiger partial charge in [0.05, 0.1) is 11.9 Å². The molecule has 0 atom stereocenters. The van der Waals surface area contributed by atoms with Crippen LogP contribution in [0.15, 0.2) is 18.3 Å². The van der Waals surface area contributed by atoms with Crippen LogP contribution < -0.4 is 0 Å². The molecule has 0 aromatic carbocycles. The number of nitrogens with one attached hydrogen (secondary N) is 2. The predicted octanol–water partition coefficient (Wildman–Crippen LogP) is 1.53. The second kappa shape index (κ2) is 2.90. The van der Waals surface area contributed by atoms with E-state index in [-0.39, 0.29) is 0 Å². The Morgan fingerprint density at radius 1 is 1.46 bits per heavy atom. The maximum atomic E-state index is 10.4. The Labute approximate surface area is 75.0 Å². The van der Waals surface area contributed by atoms with Crippen LogP contribution in [0.5, 0.6) is 0 Å². The molecule has 0 spiro atoms. The van der Waals surface area contributed by atoms with E-state index >= 15 is 0 Å². The lowest BCUT2D eigenvalue weighted by Crippen LogP contribution is -1.81. The number of aromatic amines is 2. The maximum Gasteiger partial charge on any atom is 0.166 e. The fourth-order valence-corrected chi connectivity index (χ4v) is 1.26. The van der Waals surface area contributed by atoms with Crippen molar-refractivity contribution in [3.63, 3.8) is 0 Å². The Bertz CT molecular complexity index is 428. The second-order valence-electron chi connectivity index (χ2n) is 2.85. The van der Waals surface area contributed by atoms with Gasteiger partial charge in [-0.2, -0.15) is 5.10 Å². The van der Waals surface area contributed by atoms with Crippen LogP contribution in [0.2, 0.25) is 0 Å². The average Bonchev–Trinajstić information content (AvgIpc) is 2.71. The first-order valence-corrected chi connectivity index (χ1v) is 3.96. The van der Waals surface area contributed by atoms with E-state index in [4.69, 9.17) is 0 Å². The molecule has 0 bridgehead atoms. The maximum absolute atomic E-state index is 10.4. The van der Waals surface area contributed by atoms with Gasteiger partial charge in [-0.1, -0.05) is 0 Å². The summed E-state index contributed by atoms with van der Waals surface area (Å²) in [7, 11) is 0. The summed E-state index contributed by atoms with van der Waals surface area (Å²) in [5, 5.41) is 6.74. The Morgan fingerprint density at radius 2 is 2.31 bits per heavy atom.